The third-order valence-electron chi connectivity index (χ3n) is 9.15. The van der Waals surface area contributed by atoms with Gasteiger partial charge in [-0.3, -0.25) is 9.13 Å². The van der Waals surface area contributed by atoms with E-state index >= 15 is 0 Å². The summed E-state index contributed by atoms with van der Waals surface area (Å²) in [6, 6.07) is 43.1. The van der Waals surface area contributed by atoms with E-state index in [1.165, 1.54) is 32.7 Å². The van der Waals surface area contributed by atoms with Crippen molar-refractivity contribution < 1.29 is 0 Å². The van der Waals surface area contributed by atoms with E-state index in [4.69, 9.17) is 9.97 Å². The van der Waals surface area contributed by atoms with E-state index in [1.807, 2.05) is 0 Å². The molecule has 0 fully saturated rings. The third-order valence-corrected chi connectivity index (χ3v) is 9.15. The van der Waals surface area contributed by atoms with Crippen LogP contribution in [0.4, 0.5) is 0 Å². The first-order valence-electron chi connectivity index (χ1n) is 16.1. The van der Waals surface area contributed by atoms with Gasteiger partial charge in [-0.15, -0.1) is 0 Å². The Bertz CT molecular complexity index is 2420. The van der Waals surface area contributed by atoms with Gasteiger partial charge in [-0.2, -0.15) is 0 Å². The number of nitrogens with zero attached hydrogens (tertiary/aromatic N) is 4. The van der Waals surface area contributed by atoms with Gasteiger partial charge in [0.25, 0.3) is 0 Å². The fourth-order valence-electron chi connectivity index (χ4n) is 7.02. The Morgan fingerprint density at radius 2 is 1.02 bits per heavy atom. The van der Waals surface area contributed by atoms with Crippen LogP contribution in [0.2, 0.25) is 0 Å². The van der Waals surface area contributed by atoms with Crippen LogP contribution in [-0.2, 0) is 10.8 Å². The molecule has 46 heavy (non-hydrogen) atoms. The van der Waals surface area contributed by atoms with Gasteiger partial charge in [0.15, 0.2) is 0 Å². The zero-order chi connectivity index (χ0) is 31.8. The summed E-state index contributed by atoms with van der Waals surface area (Å²) in [5, 5.41) is 4.81. The van der Waals surface area contributed by atoms with Gasteiger partial charge in [0.05, 0.1) is 16.7 Å². The van der Waals surface area contributed by atoms with Gasteiger partial charge < -0.3 is 0 Å². The summed E-state index contributed by atoms with van der Waals surface area (Å²) in [6.07, 6.45) is 0. The molecule has 4 heteroatoms. The molecular formula is C42H38N4. The second-order valence-electron chi connectivity index (χ2n) is 14.4. The van der Waals surface area contributed by atoms with Gasteiger partial charge in [0.1, 0.15) is 17.1 Å². The summed E-state index contributed by atoms with van der Waals surface area (Å²) < 4.78 is 4.63. The van der Waals surface area contributed by atoms with Crippen LogP contribution in [0.15, 0.2) is 121 Å². The monoisotopic (exact) mass is 598 g/mol. The lowest BCUT2D eigenvalue weighted by Gasteiger charge is -2.23. The molecule has 8 rings (SSSR count). The molecule has 4 nitrogen and oxygen atoms in total. The number of fused-ring (bicyclic) bond motifs is 6. The van der Waals surface area contributed by atoms with Crippen molar-refractivity contribution in [2.75, 3.05) is 0 Å². The summed E-state index contributed by atoms with van der Waals surface area (Å²) >= 11 is 0. The molecule has 4 aromatic carbocycles. The largest absolute Gasteiger partial charge is 0.294 e. The molecule has 4 heterocycles. The number of hydrogen-bond acceptors (Lipinski definition) is 2. The zero-order valence-corrected chi connectivity index (χ0v) is 27.3. The average Bonchev–Trinajstić information content (AvgIpc) is 3.56. The number of benzene rings is 4. The maximum absolute atomic E-state index is 5.66. The first kappa shape index (κ1) is 28.3. The van der Waals surface area contributed by atoms with Crippen molar-refractivity contribution in [1.82, 2.24) is 19.1 Å². The summed E-state index contributed by atoms with van der Waals surface area (Å²) in [6.45, 7) is 13.8. The number of aromatic nitrogens is 4. The zero-order valence-electron chi connectivity index (χ0n) is 27.3. The third kappa shape index (κ3) is 4.35. The number of rotatable bonds is 3. The Morgan fingerprint density at radius 1 is 0.500 bits per heavy atom. The summed E-state index contributed by atoms with van der Waals surface area (Å²) in [5.74, 6) is 0.881. The fraction of sp³-hybridized carbons (Fsp3) is 0.190. The van der Waals surface area contributed by atoms with Gasteiger partial charge in [-0.1, -0.05) is 126 Å². The second-order valence-corrected chi connectivity index (χ2v) is 14.4. The minimum atomic E-state index is -0.171. The standard InChI is InChI=1S/C42H38N4/c1-41(2,3)28-25-32(27-17-9-7-10-18-27)43-35(26-28)46-34-24-16-14-22-31(34)37-38(42(4,5)6)36-30-21-13-15-23-33(30)45(39(36)44-40(37)46)29-19-11-8-12-20-29/h7-26H,1-6H3. The van der Waals surface area contributed by atoms with Gasteiger partial charge >= 0.3 is 0 Å². The normalized spacial score (nSPS) is 12.6. The predicted molar refractivity (Wildman–Crippen MR) is 194 cm³/mol. The van der Waals surface area contributed by atoms with E-state index in [9.17, 15) is 0 Å². The predicted octanol–water partition coefficient (Wildman–Crippen LogP) is 10.9. The van der Waals surface area contributed by atoms with Crippen molar-refractivity contribution in [2.24, 2.45) is 0 Å². The van der Waals surface area contributed by atoms with Crippen LogP contribution >= 0.6 is 0 Å². The molecule has 226 valence electrons. The van der Waals surface area contributed by atoms with Gasteiger partial charge in [0, 0.05) is 32.8 Å². The SMILES string of the molecule is CC(C)(C)c1cc(-c2ccccc2)nc(-n2c3ccccc3c3c(C(C)(C)C)c4c5ccccc5n(-c5ccccc5)c4nc32)c1. The van der Waals surface area contributed by atoms with Crippen molar-refractivity contribution in [3.63, 3.8) is 0 Å². The Morgan fingerprint density at radius 3 is 1.61 bits per heavy atom. The topological polar surface area (TPSA) is 35.6 Å². The number of hydrogen-bond donors (Lipinski definition) is 0. The second kappa shape index (κ2) is 10.1. The molecule has 0 aliphatic rings. The molecule has 0 atom stereocenters. The van der Waals surface area contributed by atoms with Gasteiger partial charge in [-0.25, -0.2) is 9.97 Å². The fourth-order valence-corrected chi connectivity index (χ4v) is 7.02. The minimum Gasteiger partial charge on any atom is -0.294 e. The molecule has 8 aromatic rings. The molecular weight excluding hydrogens is 560 g/mol. The van der Waals surface area contributed by atoms with Crippen LogP contribution in [0.3, 0.4) is 0 Å². The minimum absolute atomic E-state index is 0.0724. The highest BCUT2D eigenvalue weighted by molar-refractivity contribution is 6.20. The van der Waals surface area contributed by atoms with Crippen LogP contribution in [-0.4, -0.2) is 19.1 Å². The Balaban J connectivity index is 1.60. The lowest BCUT2D eigenvalue weighted by atomic mass is 9.82. The van der Waals surface area contributed by atoms with Crippen LogP contribution in [0.1, 0.15) is 52.7 Å². The van der Waals surface area contributed by atoms with E-state index in [0.717, 1.165) is 45.1 Å². The van der Waals surface area contributed by atoms with E-state index in [0.29, 0.717) is 0 Å². The highest BCUT2D eigenvalue weighted by Crippen LogP contribution is 2.45. The molecule has 4 aromatic heterocycles. The van der Waals surface area contributed by atoms with Crippen molar-refractivity contribution in [3.05, 3.63) is 132 Å². The van der Waals surface area contributed by atoms with Crippen molar-refractivity contribution in [1.29, 1.82) is 0 Å². The molecule has 0 amide bonds. The smallest absolute Gasteiger partial charge is 0.149 e. The van der Waals surface area contributed by atoms with E-state index in [-0.39, 0.29) is 10.8 Å². The first-order valence-corrected chi connectivity index (χ1v) is 16.1. The molecule has 0 aliphatic heterocycles. The number of para-hydroxylation sites is 3. The molecule has 0 unspecified atom stereocenters. The van der Waals surface area contributed by atoms with E-state index < -0.39 is 0 Å². The molecule has 0 N–H and O–H groups in total. The highest BCUT2D eigenvalue weighted by atomic mass is 15.1. The summed E-state index contributed by atoms with van der Waals surface area (Å²) in [5.41, 5.74) is 9.62. The van der Waals surface area contributed by atoms with E-state index in [2.05, 4.69) is 172 Å². The summed E-state index contributed by atoms with van der Waals surface area (Å²) in [4.78, 5) is 11.0. The lowest BCUT2D eigenvalue weighted by Crippen LogP contribution is -2.14. The lowest BCUT2D eigenvalue weighted by molar-refractivity contribution is 0.589. The van der Waals surface area contributed by atoms with Crippen molar-refractivity contribution in [2.45, 2.75) is 52.4 Å². The Labute approximate surface area is 270 Å². The van der Waals surface area contributed by atoms with Crippen LogP contribution in [0, 0.1) is 0 Å². The maximum Gasteiger partial charge on any atom is 0.149 e. The van der Waals surface area contributed by atoms with E-state index in [1.54, 1.807) is 0 Å². The van der Waals surface area contributed by atoms with Gasteiger partial charge in [0.2, 0.25) is 0 Å². The van der Waals surface area contributed by atoms with Crippen LogP contribution in [0.25, 0.3) is 66.6 Å². The molecule has 0 bridgehead atoms. The van der Waals surface area contributed by atoms with Crippen LogP contribution in [0.5, 0.6) is 0 Å². The Hall–Kier alpha value is -5.22. The molecule has 0 saturated heterocycles. The maximum atomic E-state index is 5.66. The molecule has 0 aliphatic carbocycles. The molecule has 0 radical (unpaired) electrons. The average molecular weight is 599 g/mol. The van der Waals surface area contributed by atoms with Gasteiger partial charge in [-0.05, 0) is 58.4 Å². The Kier molecular flexibility index (Phi) is 6.24. The van der Waals surface area contributed by atoms with Crippen molar-refractivity contribution >= 4 is 43.9 Å². The molecule has 0 spiro atoms. The van der Waals surface area contributed by atoms with Crippen molar-refractivity contribution in [3.8, 4) is 22.8 Å². The highest BCUT2D eigenvalue weighted by Gasteiger charge is 2.30. The quantitative estimate of drug-likeness (QED) is 0.203. The first-order chi connectivity index (χ1) is 22.1. The summed E-state index contributed by atoms with van der Waals surface area (Å²) in [7, 11) is 0. The van der Waals surface area contributed by atoms with Crippen LogP contribution < -0.4 is 0 Å². The number of pyridine rings is 2. The molecule has 0 saturated carbocycles.